The lowest BCUT2D eigenvalue weighted by molar-refractivity contribution is -0.116. The minimum absolute atomic E-state index is 0.0612. The number of aryl methyl sites for hydroxylation is 1. The van der Waals surface area contributed by atoms with Gasteiger partial charge < -0.3 is 21.2 Å². The number of ether oxygens (including phenoxy) is 1. The smallest absolute Gasteiger partial charge is 0.224 e. The number of hydrogen-bond donors (Lipinski definition) is 3. The second kappa shape index (κ2) is 10.5. The summed E-state index contributed by atoms with van der Waals surface area (Å²) < 4.78 is 5.37. The summed E-state index contributed by atoms with van der Waals surface area (Å²) in [4.78, 5) is 18.9. The van der Waals surface area contributed by atoms with Crippen LogP contribution in [0.25, 0.3) is 5.57 Å². The predicted octanol–water partition coefficient (Wildman–Crippen LogP) is 2.43. The Morgan fingerprint density at radius 3 is 2.69 bits per heavy atom. The van der Waals surface area contributed by atoms with E-state index >= 15 is 0 Å². The van der Waals surface area contributed by atoms with Gasteiger partial charge in [0.1, 0.15) is 0 Å². The van der Waals surface area contributed by atoms with Gasteiger partial charge in [0.15, 0.2) is 0 Å². The Bertz CT molecular complexity index is 858. The molecule has 29 heavy (non-hydrogen) atoms. The van der Waals surface area contributed by atoms with E-state index in [0.717, 1.165) is 49.7 Å². The first kappa shape index (κ1) is 20.7. The van der Waals surface area contributed by atoms with Gasteiger partial charge in [-0.15, -0.1) is 0 Å². The highest BCUT2D eigenvalue weighted by Crippen LogP contribution is 2.18. The molecule has 0 unspecified atom stereocenters. The Morgan fingerprint density at radius 1 is 1.24 bits per heavy atom. The highest BCUT2D eigenvalue weighted by atomic mass is 16.5. The molecule has 4 N–H and O–H groups in total. The van der Waals surface area contributed by atoms with Crippen LogP contribution in [-0.2, 0) is 22.5 Å². The SMILES string of the molecule is N=CC(=CN)c1ccncc1CCC(=O)Nc1ccc(CN2CCOCC2)cc1. The van der Waals surface area contributed by atoms with E-state index in [9.17, 15) is 4.79 Å². The van der Waals surface area contributed by atoms with Gasteiger partial charge in [-0.2, -0.15) is 0 Å². The van der Waals surface area contributed by atoms with Crippen molar-refractivity contribution in [1.29, 1.82) is 5.41 Å². The largest absolute Gasteiger partial charge is 0.404 e. The van der Waals surface area contributed by atoms with Crippen LogP contribution in [0, 0.1) is 5.41 Å². The molecule has 0 radical (unpaired) electrons. The van der Waals surface area contributed by atoms with Crippen molar-refractivity contribution in [2.75, 3.05) is 31.6 Å². The number of carbonyl (C=O) groups is 1. The number of pyridine rings is 1. The molecule has 2 aromatic rings. The molecule has 0 saturated carbocycles. The van der Waals surface area contributed by atoms with Crippen LogP contribution in [0.1, 0.15) is 23.1 Å². The number of amides is 1. The van der Waals surface area contributed by atoms with E-state index in [0.29, 0.717) is 18.4 Å². The van der Waals surface area contributed by atoms with Gasteiger partial charge in [0.05, 0.1) is 13.2 Å². The van der Waals surface area contributed by atoms with Crippen molar-refractivity contribution in [3.63, 3.8) is 0 Å². The molecule has 0 aliphatic carbocycles. The normalized spacial score (nSPS) is 15.1. The van der Waals surface area contributed by atoms with E-state index < -0.39 is 0 Å². The molecule has 1 saturated heterocycles. The third kappa shape index (κ3) is 5.97. The number of anilines is 1. The lowest BCUT2D eigenvalue weighted by atomic mass is 10.00. The molecule has 0 bridgehead atoms. The van der Waals surface area contributed by atoms with Gasteiger partial charge in [-0.05, 0) is 41.3 Å². The van der Waals surface area contributed by atoms with Crippen LogP contribution in [0.3, 0.4) is 0 Å². The summed E-state index contributed by atoms with van der Waals surface area (Å²) in [5.74, 6) is -0.0612. The molecule has 1 aliphatic heterocycles. The number of allylic oxidation sites excluding steroid dienone is 1. The Kier molecular flexibility index (Phi) is 7.49. The zero-order chi connectivity index (χ0) is 20.5. The summed E-state index contributed by atoms with van der Waals surface area (Å²) >= 11 is 0. The second-order valence-electron chi connectivity index (χ2n) is 6.93. The maximum absolute atomic E-state index is 12.4. The van der Waals surface area contributed by atoms with Crippen LogP contribution in [0.15, 0.2) is 48.9 Å². The number of nitrogens with zero attached hydrogens (tertiary/aromatic N) is 2. The minimum atomic E-state index is -0.0612. The zero-order valence-electron chi connectivity index (χ0n) is 16.4. The molecule has 1 amide bonds. The van der Waals surface area contributed by atoms with Crippen molar-refractivity contribution in [3.8, 4) is 0 Å². The molecular weight excluding hydrogens is 366 g/mol. The Morgan fingerprint density at radius 2 is 2.00 bits per heavy atom. The molecular formula is C22H27N5O2. The number of aromatic nitrogens is 1. The van der Waals surface area contributed by atoms with Crippen LogP contribution in [0.2, 0.25) is 0 Å². The highest BCUT2D eigenvalue weighted by molar-refractivity contribution is 6.08. The van der Waals surface area contributed by atoms with Gasteiger partial charge in [0, 0.05) is 62.1 Å². The lowest BCUT2D eigenvalue weighted by Gasteiger charge is -2.26. The van der Waals surface area contributed by atoms with Gasteiger partial charge in [-0.1, -0.05) is 12.1 Å². The number of benzene rings is 1. The lowest BCUT2D eigenvalue weighted by Crippen LogP contribution is -2.35. The predicted molar refractivity (Wildman–Crippen MR) is 115 cm³/mol. The van der Waals surface area contributed by atoms with Crippen molar-refractivity contribution in [1.82, 2.24) is 9.88 Å². The topological polar surface area (TPSA) is 104 Å². The average Bonchev–Trinajstić information content (AvgIpc) is 2.76. The quantitative estimate of drug-likeness (QED) is 0.598. The maximum Gasteiger partial charge on any atom is 0.224 e. The van der Waals surface area contributed by atoms with E-state index in [1.54, 1.807) is 12.4 Å². The fourth-order valence-corrected chi connectivity index (χ4v) is 3.31. The van der Waals surface area contributed by atoms with E-state index in [-0.39, 0.29) is 5.91 Å². The van der Waals surface area contributed by atoms with Crippen molar-refractivity contribution in [3.05, 3.63) is 65.6 Å². The number of hydrogen-bond acceptors (Lipinski definition) is 6. The fourth-order valence-electron chi connectivity index (χ4n) is 3.31. The number of nitrogens with one attached hydrogen (secondary N) is 2. The molecule has 0 atom stereocenters. The Hall–Kier alpha value is -3.03. The maximum atomic E-state index is 12.4. The molecule has 152 valence electrons. The molecule has 3 rings (SSSR count). The second-order valence-corrected chi connectivity index (χ2v) is 6.93. The molecule has 0 spiro atoms. The third-order valence-corrected chi connectivity index (χ3v) is 4.92. The summed E-state index contributed by atoms with van der Waals surface area (Å²) in [6, 6.07) is 9.78. The van der Waals surface area contributed by atoms with Crippen molar-refractivity contribution in [2.45, 2.75) is 19.4 Å². The van der Waals surface area contributed by atoms with Crippen molar-refractivity contribution >= 4 is 23.4 Å². The molecule has 1 aliphatic rings. The summed E-state index contributed by atoms with van der Waals surface area (Å²) in [5, 5.41) is 10.4. The zero-order valence-corrected chi connectivity index (χ0v) is 16.4. The number of carbonyl (C=O) groups excluding carboxylic acids is 1. The minimum Gasteiger partial charge on any atom is -0.404 e. The van der Waals surface area contributed by atoms with Gasteiger partial charge in [0.2, 0.25) is 5.91 Å². The van der Waals surface area contributed by atoms with Gasteiger partial charge in [-0.25, -0.2) is 0 Å². The number of nitrogens with two attached hydrogens (primary N) is 1. The molecule has 2 heterocycles. The average molecular weight is 393 g/mol. The summed E-state index contributed by atoms with van der Waals surface area (Å²) in [6.45, 7) is 4.37. The number of morpholine rings is 1. The molecule has 1 aromatic carbocycles. The Labute approximate surface area is 171 Å². The van der Waals surface area contributed by atoms with Crippen molar-refractivity contribution in [2.24, 2.45) is 5.73 Å². The van der Waals surface area contributed by atoms with E-state index in [1.165, 1.54) is 18.0 Å². The molecule has 7 heteroatoms. The summed E-state index contributed by atoms with van der Waals surface area (Å²) in [5.41, 5.74) is 9.93. The first-order chi connectivity index (χ1) is 14.2. The van der Waals surface area contributed by atoms with E-state index in [4.69, 9.17) is 15.9 Å². The third-order valence-electron chi connectivity index (χ3n) is 4.92. The molecule has 7 nitrogen and oxygen atoms in total. The molecule has 1 fully saturated rings. The first-order valence-corrected chi connectivity index (χ1v) is 9.74. The highest BCUT2D eigenvalue weighted by Gasteiger charge is 2.11. The first-order valence-electron chi connectivity index (χ1n) is 9.74. The standard InChI is InChI=1S/C22H27N5O2/c23-13-19(14-24)21-7-8-25-15-18(21)3-6-22(28)26-20-4-1-17(2-5-20)16-27-9-11-29-12-10-27/h1-2,4-5,7-8,13-15,23H,3,6,9-12,16,24H2,(H,26,28). The van der Waals surface area contributed by atoms with Crippen molar-refractivity contribution < 1.29 is 9.53 Å². The van der Waals surface area contributed by atoms with Crippen LogP contribution in [-0.4, -0.2) is 48.3 Å². The van der Waals surface area contributed by atoms with E-state index in [2.05, 4.69) is 15.2 Å². The monoisotopic (exact) mass is 393 g/mol. The van der Waals surface area contributed by atoms with Crippen LogP contribution < -0.4 is 11.1 Å². The van der Waals surface area contributed by atoms with Gasteiger partial charge in [0.25, 0.3) is 0 Å². The number of rotatable bonds is 8. The van der Waals surface area contributed by atoms with Crippen LogP contribution in [0.4, 0.5) is 5.69 Å². The Balaban J connectivity index is 1.53. The van der Waals surface area contributed by atoms with Crippen LogP contribution in [0.5, 0.6) is 0 Å². The summed E-state index contributed by atoms with van der Waals surface area (Å²) in [7, 11) is 0. The van der Waals surface area contributed by atoms with E-state index in [1.807, 2.05) is 30.3 Å². The summed E-state index contributed by atoms with van der Waals surface area (Å²) in [6.07, 6.45) is 6.82. The van der Waals surface area contributed by atoms with Crippen LogP contribution >= 0.6 is 0 Å². The van der Waals surface area contributed by atoms with Gasteiger partial charge in [-0.3, -0.25) is 14.7 Å². The fraction of sp³-hybridized carbons (Fsp3) is 0.318. The van der Waals surface area contributed by atoms with Gasteiger partial charge >= 0.3 is 0 Å². The molecule has 1 aromatic heterocycles.